The molecule has 10 heteroatoms. The smallest absolute Gasteiger partial charge is 0.321 e. The van der Waals surface area contributed by atoms with Crippen molar-refractivity contribution in [3.63, 3.8) is 0 Å². The number of rotatable bonds is 7. The fourth-order valence-electron chi connectivity index (χ4n) is 1.83. The summed E-state index contributed by atoms with van der Waals surface area (Å²) in [4.78, 5) is 21.8. The van der Waals surface area contributed by atoms with E-state index in [1.165, 1.54) is 32.0 Å². The van der Waals surface area contributed by atoms with Crippen LogP contribution in [0.3, 0.4) is 0 Å². The van der Waals surface area contributed by atoms with Crippen molar-refractivity contribution in [2.45, 2.75) is 24.8 Å². The number of nitrogens with one attached hydrogen (secondary N) is 1. The zero-order chi connectivity index (χ0) is 17.8. The summed E-state index contributed by atoms with van der Waals surface area (Å²) in [6.45, 7) is 2.20. The first kappa shape index (κ1) is 19.7. The molecular formula is C13H16Cl2N2O5S. The highest BCUT2D eigenvalue weighted by molar-refractivity contribution is 7.89. The van der Waals surface area contributed by atoms with Crippen LogP contribution in [0.15, 0.2) is 23.1 Å². The van der Waals surface area contributed by atoms with Crippen LogP contribution in [0, 0.1) is 0 Å². The Morgan fingerprint density at radius 1 is 1.30 bits per heavy atom. The normalized spacial score (nSPS) is 12.9. The highest BCUT2D eigenvalue weighted by atomic mass is 35.5. The molecule has 128 valence electrons. The van der Waals surface area contributed by atoms with E-state index < -0.39 is 22.0 Å². The maximum atomic E-state index is 12.8. The molecule has 0 saturated heterocycles. The van der Waals surface area contributed by atoms with E-state index in [1.807, 2.05) is 0 Å². The van der Waals surface area contributed by atoms with Gasteiger partial charge >= 0.3 is 5.97 Å². The van der Waals surface area contributed by atoms with E-state index in [0.717, 1.165) is 4.31 Å². The topological polar surface area (TPSA) is 104 Å². The number of hydrogen-bond donors (Lipinski definition) is 2. The fraction of sp³-hybridized carbons (Fsp3) is 0.385. The first-order valence-corrected chi connectivity index (χ1v) is 8.71. The number of sulfonamides is 1. The van der Waals surface area contributed by atoms with Gasteiger partial charge in [-0.05, 0) is 19.1 Å². The predicted octanol–water partition coefficient (Wildman–Crippen LogP) is 1.59. The molecule has 0 radical (unpaired) electrons. The summed E-state index contributed by atoms with van der Waals surface area (Å²) in [5, 5.41) is 11.3. The Hall–Kier alpha value is -1.35. The van der Waals surface area contributed by atoms with Gasteiger partial charge < -0.3 is 10.4 Å². The number of aliphatic carboxylic acids is 1. The SMILES string of the molecule is CC(=O)NCCN(C(C)C(=O)O)S(=O)(=O)c1c(Cl)cccc1Cl. The summed E-state index contributed by atoms with van der Waals surface area (Å²) in [6, 6.07) is 2.81. The number of carboxylic acids is 1. The fourth-order valence-corrected chi connectivity index (χ4v) is 4.52. The molecule has 0 bridgehead atoms. The monoisotopic (exact) mass is 382 g/mol. The molecule has 0 aliphatic carbocycles. The first-order chi connectivity index (χ1) is 10.6. The van der Waals surface area contributed by atoms with Gasteiger partial charge in [-0.1, -0.05) is 29.3 Å². The quantitative estimate of drug-likeness (QED) is 0.744. The van der Waals surface area contributed by atoms with E-state index in [1.54, 1.807) is 0 Å². The van der Waals surface area contributed by atoms with Crippen LogP contribution >= 0.6 is 23.2 Å². The molecule has 0 aromatic heterocycles. The lowest BCUT2D eigenvalue weighted by Crippen LogP contribution is -2.46. The zero-order valence-electron chi connectivity index (χ0n) is 12.4. The van der Waals surface area contributed by atoms with Crippen LogP contribution in [0.25, 0.3) is 0 Å². The molecule has 2 N–H and O–H groups in total. The van der Waals surface area contributed by atoms with Crippen molar-refractivity contribution in [2.75, 3.05) is 13.1 Å². The molecule has 7 nitrogen and oxygen atoms in total. The van der Waals surface area contributed by atoms with E-state index in [4.69, 9.17) is 28.3 Å². The van der Waals surface area contributed by atoms with Crippen molar-refractivity contribution < 1.29 is 23.1 Å². The lowest BCUT2D eigenvalue weighted by atomic mass is 10.3. The third kappa shape index (κ3) is 4.81. The highest BCUT2D eigenvalue weighted by Crippen LogP contribution is 2.32. The molecule has 0 spiro atoms. The maximum Gasteiger partial charge on any atom is 0.321 e. The summed E-state index contributed by atoms with van der Waals surface area (Å²) in [5.74, 6) is -1.69. The molecule has 1 atom stereocenters. The third-order valence-corrected chi connectivity index (χ3v) is 5.91. The van der Waals surface area contributed by atoms with Crippen LogP contribution in [-0.2, 0) is 19.6 Å². The maximum absolute atomic E-state index is 12.8. The molecule has 0 fully saturated rings. The van der Waals surface area contributed by atoms with Gasteiger partial charge in [-0.3, -0.25) is 9.59 Å². The lowest BCUT2D eigenvalue weighted by molar-refractivity contribution is -0.140. The van der Waals surface area contributed by atoms with Gasteiger partial charge in [0, 0.05) is 20.0 Å². The Morgan fingerprint density at radius 3 is 2.26 bits per heavy atom. The Labute approximate surface area is 144 Å². The Morgan fingerprint density at radius 2 is 1.83 bits per heavy atom. The van der Waals surface area contributed by atoms with Crippen molar-refractivity contribution in [3.05, 3.63) is 28.2 Å². The molecule has 1 aromatic carbocycles. The number of halogens is 2. The molecular weight excluding hydrogens is 367 g/mol. The molecule has 1 amide bonds. The van der Waals surface area contributed by atoms with Gasteiger partial charge in [0.15, 0.2) is 0 Å². The minimum atomic E-state index is -4.27. The number of carbonyl (C=O) groups is 2. The molecule has 1 rings (SSSR count). The summed E-state index contributed by atoms with van der Waals surface area (Å²) >= 11 is 11.8. The Balaban J connectivity index is 3.28. The number of carbonyl (C=O) groups excluding carboxylic acids is 1. The van der Waals surface area contributed by atoms with Crippen LogP contribution in [0.2, 0.25) is 10.0 Å². The van der Waals surface area contributed by atoms with E-state index in [-0.39, 0.29) is 33.9 Å². The van der Waals surface area contributed by atoms with Gasteiger partial charge in [0.1, 0.15) is 10.9 Å². The van der Waals surface area contributed by atoms with Crippen molar-refractivity contribution in [2.24, 2.45) is 0 Å². The zero-order valence-corrected chi connectivity index (χ0v) is 14.7. The molecule has 0 saturated carbocycles. The number of carboxylic acid groups (broad SMARTS) is 1. The number of nitrogens with zero attached hydrogens (tertiary/aromatic N) is 1. The van der Waals surface area contributed by atoms with Crippen LogP contribution < -0.4 is 5.32 Å². The second-order valence-electron chi connectivity index (χ2n) is 4.66. The van der Waals surface area contributed by atoms with Gasteiger partial charge in [0.05, 0.1) is 10.0 Å². The van der Waals surface area contributed by atoms with Gasteiger partial charge in [-0.15, -0.1) is 0 Å². The number of hydrogen-bond acceptors (Lipinski definition) is 4. The highest BCUT2D eigenvalue weighted by Gasteiger charge is 2.35. The molecule has 1 unspecified atom stereocenters. The van der Waals surface area contributed by atoms with E-state index >= 15 is 0 Å². The van der Waals surface area contributed by atoms with Crippen molar-refractivity contribution in [1.82, 2.24) is 9.62 Å². The molecule has 0 aliphatic heterocycles. The summed E-state index contributed by atoms with van der Waals surface area (Å²) in [7, 11) is -4.27. The Bertz CT molecular complexity index is 688. The van der Waals surface area contributed by atoms with E-state index in [9.17, 15) is 18.0 Å². The Kier molecular flexibility index (Phi) is 6.82. The number of amides is 1. The summed E-state index contributed by atoms with van der Waals surface area (Å²) < 4.78 is 26.3. The van der Waals surface area contributed by atoms with Gasteiger partial charge in [-0.25, -0.2) is 8.42 Å². The minimum Gasteiger partial charge on any atom is -0.480 e. The molecule has 23 heavy (non-hydrogen) atoms. The van der Waals surface area contributed by atoms with Crippen molar-refractivity contribution in [3.8, 4) is 0 Å². The van der Waals surface area contributed by atoms with Gasteiger partial charge in [0.25, 0.3) is 0 Å². The first-order valence-electron chi connectivity index (χ1n) is 6.52. The second kappa shape index (κ2) is 7.96. The lowest BCUT2D eigenvalue weighted by Gasteiger charge is -2.26. The van der Waals surface area contributed by atoms with Crippen molar-refractivity contribution in [1.29, 1.82) is 0 Å². The standard InChI is InChI=1S/C13H16Cl2N2O5S/c1-8(13(19)20)17(7-6-16-9(2)18)23(21,22)12-10(14)4-3-5-11(12)15/h3-5,8H,6-7H2,1-2H3,(H,16,18)(H,19,20). The van der Waals surface area contributed by atoms with Gasteiger partial charge in [-0.2, -0.15) is 4.31 Å². The van der Waals surface area contributed by atoms with E-state index in [2.05, 4.69) is 5.32 Å². The van der Waals surface area contributed by atoms with Crippen LogP contribution in [0.5, 0.6) is 0 Å². The predicted molar refractivity (Wildman–Crippen MR) is 86.1 cm³/mol. The van der Waals surface area contributed by atoms with Crippen molar-refractivity contribution >= 4 is 45.1 Å². The van der Waals surface area contributed by atoms with Crippen LogP contribution in [-0.4, -0.2) is 48.8 Å². The largest absolute Gasteiger partial charge is 0.480 e. The molecule has 0 heterocycles. The molecule has 0 aliphatic rings. The molecule has 1 aromatic rings. The summed E-state index contributed by atoms with van der Waals surface area (Å²) in [5.41, 5.74) is 0. The summed E-state index contributed by atoms with van der Waals surface area (Å²) in [6.07, 6.45) is 0. The third-order valence-electron chi connectivity index (χ3n) is 2.98. The second-order valence-corrected chi connectivity index (χ2v) is 7.31. The average Bonchev–Trinajstić information content (AvgIpc) is 2.41. The van der Waals surface area contributed by atoms with Crippen LogP contribution in [0.1, 0.15) is 13.8 Å². The average molecular weight is 383 g/mol. The minimum absolute atomic E-state index is 0.0474. The van der Waals surface area contributed by atoms with Crippen LogP contribution in [0.4, 0.5) is 0 Å². The van der Waals surface area contributed by atoms with Gasteiger partial charge in [0.2, 0.25) is 15.9 Å². The van der Waals surface area contributed by atoms with E-state index in [0.29, 0.717) is 0 Å². The number of benzene rings is 1.